The molecule has 0 unspecified atom stereocenters. The van der Waals surface area contributed by atoms with Gasteiger partial charge < -0.3 is 13.9 Å². The average Bonchev–Trinajstić information content (AvgIpc) is 3.57. The molecule has 0 radical (unpaired) electrons. The summed E-state index contributed by atoms with van der Waals surface area (Å²) in [6.07, 6.45) is 4.98. The number of aryl methyl sites for hydroxylation is 1. The third-order valence-electron chi connectivity index (χ3n) is 8.30. The van der Waals surface area contributed by atoms with Gasteiger partial charge in [-0.3, -0.25) is 4.57 Å². The summed E-state index contributed by atoms with van der Waals surface area (Å²) in [5.74, 6) is 2.19. The van der Waals surface area contributed by atoms with Gasteiger partial charge in [0.15, 0.2) is 0 Å². The zero-order valence-corrected chi connectivity index (χ0v) is 26.0. The Labute approximate surface area is 263 Å². The maximum absolute atomic E-state index is 8.11. The van der Waals surface area contributed by atoms with Gasteiger partial charge >= 0.3 is 0 Å². The molecule has 44 heavy (non-hydrogen) atoms. The molecule has 0 aliphatic carbocycles. The van der Waals surface area contributed by atoms with Crippen molar-refractivity contribution in [3.63, 3.8) is 0 Å². The first-order valence-electron chi connectivity index (χ1n) is 16.5. The van der Waals surface area contributed by atoms with Crippen LogP contribution in [0.3, 0.4) is 0 Å². The zero-order chi connectivity index (χ0) is 33.3. The summed E-state index contributed by atoms with van der Waals surface area (Å²) in [4.78, 5) is 4.81. The van der Waals surface area contributed by atoms with Gasteiger partial charge in [0.25, 0.3) is 0 Å². The highest BCUT2D eigenvalue weighted by Crippen LogP contribution is 2.37. The van der Waals surface area contributed by atoms with Gasteiger partial charge in [-0.1, -0.05) is 90.1 Å². The van der Waals surface area contributed by atoms with Crippen LogP contribution in [-0.4, -0.2) is 14.1 Å². The van der Waals surface area contributed by atoms with Crippen molar-refractivity contribution < 1.29 is 13.4 Å². The predicted octanol–water partition coefficient (Wildman–Crippen LogP) is 9.13. The molecule has 3 aromatic heterocycles. The highest BCUT2D eigenvalue weighted by molar-refractivity contribution is 6.09. The van der Waals surface area contributed by atoms with E-state index in [1.807, 2.05) is 36.5 Å². The monoisotopic (exact) mass is 581 g/mol. The van der Waals surface area contributed by atoms with E-state index in [0.29, 0.717) is 17.0 Å². The topological polar surface area (TPSA) is 35.9 Å². The van der Waals surface area contributed by atoms with Crippen LogP contribution in [0.5, 0.6) is 11.5 Å². The fourth-order valence-corrected chi connectivity index (χ4v) is 5.86. The number of ether oxygens (including phenoxy) is 1. The van der Waals surface area contributed by atoms with E-state index in [0.717, 1.165) is 44.4 Å². The molecule has 0 N–H and O–H groups in total. The molecule has 4 aromatic carbocycles. The Kier molecular flexibility index (Phi) is 5.62. The average molecular weight is 582 g/mol. The molecule has 220 valence electrons. The quantitative estimate of drug-likeness (QED) is 0.153. The molecular formula is C39H38N4O. The number of aromatic nitrogens is 4. The van der Waals surface area contributed by atoms with E-state index in [2.05, 4.69) is 113 Å². The summed E-state index contributed by atoms with van der Waals surface area (Å²) >= 11 is 0. The minimum atomic E-state index is -2.37. The van der Waals surface area contributed by atoms with Crippen molar-refractivity contribution in [2.24, 2.45) is 6.98 Å². The van der Waals surface area contributed by atoms with Crippen molar-refractivity contribution in [2.45, 2.75) is 52.4 Å². The lowest BCUT2D eigenvalue weighted by Crippen LogP contribution is -2.26. The highest BCUT2D eigenvalue weighted by atomic mass is 16.5. The summed E-state index contributed by atoms with van der Waals surface area (Å²) in [6.45, 7) is 10.7. The van der Waals surface area contributed by atoms with E-state index in [4.69, 9.17) is 13.8 Å². The van der Waals surface area contributed by atoms with Crippen LogP contribution in [0.25, 0.3) is 44.3 Å². The molecule has 0 atom stereocenters. The van der Waals surface area contributed by atoms with E-state index in [9.17, 15) is 0 Å². The summed E-state index contributed by atoms with van der Waals surface area (Å²) in [5, 5.41) is 2.26. The Morgan fingerprint density at radius 2 is 1.43 bits per heavy atom. The standard InChI is InChI=1S/C39H38N4O/c1-38(2,3)26-18-19-40-37(22-26)43-33-13-9-8-12-31(33)32-17-16-29(24-36(32)43)44-30-21-27(39(4,5)6)20-28(23-30)42-25-41(7)34-14-10-11-15-35(34)42/h8-24H,1-7H3/i7D3. The van der Waals surface area contributed by atoms with Crippen LogP contribution in [-0.2, 0) is 17.8 Å². The lowest BCUT2D eigenvalue weighted by Gasteiger charge is -2.22. The summed E-state index contributed by atoms with van der Waals surface area (Å²) in [6, 6.07) is 32.4. The summed E-state index contributed by atoms with van der Waals surface area (Å²) in [5.41, 5.74) is 6.21. The Morgan fingerprint density at radius 1 is 0.705 bits per heavy atom. The molecule has 0 amide bonds. The van der Waals surface area contributed by atoms with Gasteiger partial charge in [-0.15, -0.1) is 0 Å². The van der Waals surface area contributed by atoms with Crippen LogP contribution < -0.4 is 9.30 Å². The first kappa shape index (κ1) is 24.5. The SMILES string of the molecule is [2H]C([2H])([2H])[n+]1[c-]n(-c2cc(Oc3ccc4c5ccccc5n(-c5cc(C(C)(C)C)ccn5)c4c3)cc(C(C)(C)C)c2)c2ccccc21. The van der Waals surface area contributed by atoms with Crippen LogP contribution in [0.2, 0.25) is 0 Å². The van der Waals surface area contributed by atoms with Crippen LogP contribution in [0, 0.1) is 6.33 Å². The fraction of sp³-hybridized carbons (Fsp3) is 0.231. The molecule has 0 bridgehead atoms. The highest BCUT2D eigenvalue weighted by Gasteiger charge is 2.20. The van der Waals surface area contributed by atoms with Gasteiger partial charge in [0, 0.05) is 23.0 Å². The van der Waals surface area contributed by atoms with Crippen molar-refractivity contribution in [3.8, 4) is 23.0 Å². The van der Waals surface area contributed by atoms with Gasteiger partial charge in [-0.2, -0.15) is 0 Å². The minimum absolute atomic E-state index is 0.0221. The molecule has 5 heteroatoms. The molecule has 0 spiro atoms. The molecule has 3 heterocycles. The molecule has 0 aliphatic heterocycles. The maximum Gasteiger partial charge on any atom is 0.244 e. The van der Waals surface area contributed by atoms with Crippen molar-refractivity contribution in [1.29, 1.82) is 0 Å². The Morgan fingerprint density at radius 3 is 2.20 bits per heavy atom. The molecule has 0 aliphatic rings. The Hall–Kier alpha value is -4.90. The van der Waals surface area contributed by atoms with E-state index in [-0.39, 0.29) is 10.8 Å². The first-order chi connectivity index (χ1) is 22.2. The number of imidazole rings is 1. The van der Waals surface area contributed by atoms with Gasteiger partial charge in [0.05, 0.1) is 38.8 Å². The lowest BCUT2D eigenvalue weighted by molar-refractivity contribution is -0.649. The van der Waals surface area contributed by atoms with Crippen LogP contribution >= 0.6 is 0 Å². The Balaban J connectivity index is 1.38. The number of fused-ring (bicyclic) bond motifs is 4. The molecule has 5 nitrogen and oxygen atoms in total. The summed E-state index contributed by atoms with van der Waals surface area (Å²) < 4.78 is 36.2. The third-order valence-corrected chi connectivity index (χ3v) is 8.30. The molecule has 0 saturated carbocycles. The number of pyridine rings is 1. The zero-order valence-electron chi connectivity index (χ0n) is 29.0. The van der Waals surface area contributed by atoms with Crippen LogP contribution in [0.15, 0.2) is 103 Å². The largest absolute Gasteiger partial charge is 0.458 e. The van der Waals surface area contributed by atoms with E-state index >= 15 is 0 Å². The number of rotatable bonds is 4. The van der Waals surface area contributed by atoms with Crippen LogP contribution in [0.4, 0.5) is 0 Å². The van der Waals surface area contributed by atoms with Gasteiger partial charge in [-0.05, 0) is 64.4 Å². The molecular weight excluding hydrogens is 540 g/mol. The van der Waals surface area contributed by atoms with Crippen LogP contribution in [0.1, 0.15) is 56.8 Å². The second-order valence-electron chi connectivity index (χ2n) is 13.5. The second kappa shape index (κ2) is 10.1. The molecule has 0 fully saturated rings. The number of hydrogen-bond donors (Lipinski definition) is 0. The maximum atomic E-state index is 8.11. The van der Waals surface area contributed by atoms with Crippen molar-refractivity contribution in [2.75, 3.05) is 0 Å². The van der Waals surface area contributed by atoms with Crippen molar-refractivity contribution in [3.05, 3.63) is 121 Å². The van der Waals surface area contributed by atoms with E-state index < -0.39 is 6.98 Å². The van der Waals surface area contributed by atoms with Crippen molar-refractivity contribution >= 4 is 32.8 Å². The Bertz CT molecular complexity index is 2300. The van der Waals surface area contributed by atoms with Gasteiger partial charge in [-0.25, -0.2) is 4.98 Å². The minimum Gasteiger partial charge on any atom is -0.458 e. The van der Waals surface area contributed by atoms with E-state index in [1.165, 1.54) is 10.1 Å². The number of hydrogen-bond acceptors (Lipinski definition) is 2. The second-order valence-corrected chi connectivity index (χ2v) is 13.5. The lowest BCUT2D eigenvalue weighted by atomic mass is 9.86. The third kappa shape index (κ3) is 4.83. The number of benzene rings is 4. The molecule has 7 rings (SSSR count). The smallest absolute Gasteiger partial charge is 0.244 e. The van der Waals surface area contributed by atoms with E-state index in [1.54, 1.807) is 10.6 Å². The predicted molar refractivity (Wildman–Crippen MR) is 179 cm³/mol. The molecule has 7 aromatic rings. The first-order valence-corrected chi connectivity index (χ1v) is 15.0. The summed E-state index contributed by atoms with van der Waals surface area (Å²) in [7, 11) is 0. The van der Waals surface area contributed by atoms with Gasteiger partial charge in [0.2, 0.25) is 6.33 Å². The number of para-hydroxylation sites is 3. The fourth-order valence-electron chi connectivity index (χ4n) is 5.86. The molecule has 0 saturated heterocycles. The van der Waals surface area contributed by atoms with Crippen molar-refractivity contribution in [1.82, 2.24) is 14.1 Å². The normalized spacial score (nSPS) is 13.7. The van der Waals surface area contributed by atoms with Gasteiger partial charge in [0.1, 0.15) is 17.3 Å². The number of nitrogens with zero attached hydrogens (tertiary/aromatic N) is 4.